The third-order valence-electron chi connectivity index (χ3n) is 5.26. The molecular formula is C23H25FN4O2. The van der Waals surface area contributed by atoms with E-state index in [1.807, 2.05) is 31.2 Å². The van der Waals surface area contributed by atoms with Crippen LogP contribution in [0.3, 0.4) is 0 Å². The Kier molecular flexibility index (Phi) is 6.07. The fourth-order valence-electron chi connectivity index (χ4n) is 3.63. The van der Waals surface area contributed by atoms with Crippen molar-refractivity contribution in [2.75, 3.05) is 29.9 Å². The summed E-state index contributed by atoms with van der Waals surface area (Å²) in [6.45, 7) is 3.94. The second-order valence-electron chi connectivity index (χ2n) is 7.42. The summed E-state index contributed by atoms with van der Waals surface area (Å²) in [5, 5.41) is 2.71. The smallest absolute Gasteiger partial charge is 0.258 e. The molecule has 0 unspecified atom stereocenters. The number of carbonyl (C=O) groups is 1. The molecule has 0 aliphatic carbocycles. The lowest BCUT2D eigenvalue weighted by Crippen LogP contribution is -2.39. The van der Waals surface area contributed by atoms with Gasteiger partial charge < -0.3 is 15.0 Å². The normalized spacial score (nSPS) is 14.7. The van der Waals surface area contributed by atoms with Crippen LogP contribution in [0.4, 0.5) is 15.9 Å². The van der Waals surface area contributed by atoms with Crippen LogP contribution < -0.4 is 15.0 Å². The number of rotatable bonds is 6. The first kappa shape index (κ1) is 20.1. The van der Waals surface area contributed by atoms with Crippen molar-refractivity contribution in [1.29, 1.82) is 0 Å². The summed E-state index contributed by atoms with van der Waals surface area (Å²) in [7, 11) is 0. The van der Waals surface area contributed by atoms with Crippen LogP contribution >= 0.6 is 0 Å². The molecule has 30 heavy (non-hydrogen) atoms. The Morgan fingerprint density at radius 1 is 1.10 bits per heavy atom. The number of piperidine rings is 1. The van der Waals surface area contributed by atoms with E-state index in [-0.39, 0.29) is 17.5 Å². The van der Waals surface area contributed by atoms with Crippen molar-refractivity contribution in [3.63, 3.8) is 0 Å². The standard InChI is InChI=1S/C23H25FN4O2/c1-2-15-30-23-21(25-19-9-5-6-10-20(19)27-23)28-13-11-16(12-14-28)22(29)26-18-8-4-3-7-17(18)24/h3-10,16H,2,11-15H2,1H3,(H,26,29). The van der Waals surface area contributed by atoms with Gasteiger partial charge in [-0.1, -0.05) is 31.2 Å². The first-order valence-corrected chi connectivity index (χ1v) is 10.4. The topological polar surface area (TPSA) is 67.4 Å². The maximum absolute atomic E-state index is 13.8. The highest BCUT2D eigenvalue weighted by Gasteiger charge is 2.28. The molecule has 1 amide bonds. The van der Waals surface area contributed by atoms with Crippen molar-refractivity contribution in [1.82, 2.24) is 9.97 Å². The molecule has 3 aromatic rings. The number of amides is 1. The minimum atomic E-state index is -0.424. The zero-order valence-electron chi connectivity index (χ0n) is 17.0. The number of ether oxygens (including phenoxy) is 1. The predicted octanol–water partition coefficient (Wildman–Crippen LogP) is 4.41. The van der Waals surface area contributed by atoms with Crippen LogP contribution in [0.15, 0.2) is 48.5 Å². The average Bonchev–Trinajstić information content (AvgIpc) is 2.78. The summed E-state index contributed by atoms with van der Waals surface area (Å²) >= 11 is 0. The van der Waals surface area contributed by atoms with E-state index in [0.717, 1.165) is 23.3 Å². The molecule has 1 fully saturated rings. The molecule has 156 valence electrons. The van der Waals surface area contributed by atoms with Gasteiger partial charge in [-0.3, -0.25) is 4.79 Å². The van der Waals surface area contributed by atoms with E-state index in [4.69, 9.17) is 9.72 Å². The number of nitrogens with zero attached hydrogens (tertiary/aromatic N) is 3. The number of para-hydroxylation sites is 3. The molecule has 4 rings (SSSR count). The third-order valence-corrected chi connectivity index (χ3v) is 5.26. The van der Waals surface area contributed by atoms with Crippen LogP contribution in [0.25, 0.3) is 11.0 Å². The number of hydrogen-bond acceptors (Lipinski definition) is 5. The summed E-state index contributed by atoms with van der Waals surface area (Å²) in [5.41, 5.74) is 1.84. The lowest BCUT2D eigenvalue weighted by Gasteiger charge is -2.32. The summed E-state index contributed by atoms with van der Waals surface area (Å²) in [6.07, 6.45) is 2.19. The zero-order valence-corrected chi connectivity index (χ0v) is 17.0. The molecule has 1 N–H and O–H groups in total. The van der Waals surface area contributed by atoms with Gasteiger partial charge in [0.2, 0.25) is 5.91 Å². The highest BCUT2D eigenvalue weighted by Crippen LogP contribution is 2.31. The van der Waals surface area contributed by atoms with Gasteiger partial charge in [-0.15, -0.1) is 0 Å². The van der Waals surface area contributed by atoms with Gasteiger partial charge in [0.05, 0.1) is 23.3 Å². The zero-order chi connectivity index (χ0) is 20.9. The van der Waals surface area contributed by atoms with Crippen molar-refractivity contribution in [2.24, 2.45) is 5.92 Å². The van der Waals surface area contributed by atoms with Crippen LogP contribution in [0.1, 0.15) is 26.2 Å². The molecule has 0 radical (unpaired) electrons. The Hall–Kier alpha value is -3.22. The number of hydrogen-bond donors (Lipinski definition) is 1. The van der Waals surface area contributed by atoms with E-state index in [9.17, 15) is 9.18 Å². The summed E-state index contributed by atoms with van der Waals surface area (Å²) in [4.78, 5) is 24.2. The summed E-state index contributed by atoms with van der Waals surface area (Å²) < 4.78 is 19.7. The number of anilines is 2. The number of aromatic nitrogens is 2. The van der Waals surface area contributed by atoms with Crippen LogP contribution in [0, 0.1) is 11.7 Å². The second-order valence-corrected chi connectivity index (χ2v) is 7.42. The van der Waals surface area contributed by atoms with Crippen LogP contribution in [-0.2, 0) is 4.79 Å². The Morgan fingerprint density at radius 3 is 2.47 bits per heavy atom. The largest absolute Gasteiger partial charge is 0.475 e. The van der Waals surface area contributed by atoms with E-state index < -0.39 is 5.82 Å². The van der Waals surface area contributed by atoms with Crippen molar-refractivity contribution in [3.8, 4) is 5.88 Å². The first-order chi connectivity index (χ1) is 14.7. The van der Waals surface area contributed by atoms with Crippen LogP contribution in [0.5, 0.6) is 5.88 Å². The average molecular weight is 408 g/mol. The van der Waals surface area contributed by atoms with Gasteiger partial charge in [0, 0.05) is 19.0 Å². The van der Waals surface area contributed by atoms with Gasteiger partial charge >= 0.3 is 0 Å². The molecule has 0 atom stereocenters. The van der Waals surface area contributed by atoms with Gasteiger partial charge in [0.25, 0.3) is 5.88 Å². The van der Waals surface area contributed by atoms with Crippen molar-refractivity contribution < 1.29 is 13.9 Å². The molecule has 2 aromatic carbocycles. The van der Waals surface area contributed by atoms with Crippen molar-refractivity contribution in [2.45, 2.75) is 26.2 Å². The molecule has 1 aliphatic heterocycles. The number of fused-ring (bicyclic) bond motifs is 1. The molecule has 0 bridgehead atoms. The molecule has 7 heteroatoms. The van der Waals surface area contributed by atoms with Crippen LogP contribution in [0.2, 0.25) is 0 Å². The van der Waals surface area contributed by atoms with E-state index >= 15 is 0 Å². The highest BCUT2D eigenvalue weighted by molar-refractivity contribution is 5.92. The van der Waals surface area contributed by atoms with E-state index in [1.54, 1.807) is 18.2 Å². The molecule has 2 heterocycles. The SMILES string of the molecule is CCCOc1nc2ccccc2nc1N1CCC(C(=O)Nc2ccccc2F)CC1. The highest BCUT2D eigenvalue weighted by atomic mass is 19.1. The van der Waals surface area contributed by atoms with Gasteiger partial charge in [-0.05, 0) is 43.5 Å². The van der Waals surface area contributed by atoms with E-state index in [1.165, 1.54) is 6.07 Å². The first-order valence-electron chi connectivity index (χ1n) is 10.4. The van der Waals surface area contributed by atoms with Gasteiger partial charge in [-0.25, -0.2) is 14.4 Å². The maximum Gasteiger partial charge on any atom is 0.258 e. The van der Waals surface area contributed by atoms with Crippen LogP contribution in [-0.4, -0.2) is 35.6 Å². The van der Waals surface area contributed by atoms with E-state index in [0.29, 0.717) is 38.4 Å². The minimum absolute atomic E-state index is 0.146. The summed E-state index contributed by atoms with van der Waals surface area (Å²) in [6, 6.07) is 13.9. The molecule has 6 nitrogen and oxygen atoms in total. The quantitative estimate of drug-likeness (QED) is 0.654. The van der Waals surface area contributed by atoms with Gasteiger partial charge in [0.15, 0.2) is 5.82 Å². The monoisotopic (exact) mass is 408 g/mol. The predicted molar refractivity (Wildman–Crippen MR) is 115 cm³/mol. The Morgan fingerprint density at radius 2 is 1.77 bits per heavy atom. The van der Waals surface area contributed by atoms with Crippen molar-refractivity contribution in [3.05, 3.63) is 54.3 Å². The van der Waals surface area contributed by atoms with E-state index in [2.05, 4.69) is 15.2 Å². The Bertz CT molecular complexity index is 1030. The maximum atomic E-state index is 13.8. The molecule has 1 aliphatic rings. The molecule has 0 saturated carbocycles. The second kappa shape index (κ2) is 9.07. The van der Waals surface area contributed by atoms with Gasteiger partial charge in [-0.2, -0.15) is 0 Å². The van der Waals surface area contributed by atoms with Crippen molar-refractivity contribution >= 4 is 28.4 Å². The lowest BCUT2D eigenvalue weighted by atomic mass is 9.95. The molecule has 1 aromatic heterocycles. The minimum Gasteiger partial charge on any atom is -0.475 e. The molecule has 0 spiro atoms. The number of carbonyl (C=O) groups excluding carboxylic acids is 1. The Labute approximate surface area is 175 Å². The number of nitrogens with one attached hydrogen (secondary N) is 1. The fraction of sp³-hybridized carbons (Fsp3) is 0.348. The number of benzene rings is 2. The van der Waals surface area contributed by atoms with Gasteiger partial charge in [0.1, 0.15) is 5.82 Å². The Balaban J connectivity index is 1.47. The lowest BCUT2D eigenvalue weighted by molar-refractivity contribution is -0.120. The third kappa shape index (κ3) is 4.35. The summed E-state index contributed by atoms with van der Waals surface area (Å²) in [5.74, 6) is 0.508. The fourth-order valence-corrected chi connectivity index (χ4v) is 3.63. The molecular weight excluding hydrogens is 383 g/mol. The molecule has 1 saturated heterocycles. The number of halogens is 1.